The maximum Gasteiger partial charge on any atom is 0.0700 e. The Balaban J connectivity index is 1.76. The monoisotopic (exact) mass is 264 g/mol. The number of rotatable bonds is 4. The van der Waals surface area contributed by atoms with Crippen molar-refractivity contribution in [3.63, 3.8) is 0 Å². The van der Waals surface area contributed by atoms with E-state index in [4.69, 9.17) is 0 Å². The summed E-state index contributed by atoms with van der Waals surface area (Å²) in [5.74, 6) is 0. The van der Waals surface area contributed by atoms with Crippen molar-refractivity contribution in [2.45, 2.75) is 13.5 Å². The first-order chi connectivity index (χ1) is 9.83. The van der Waals surface area contributed by atoms with Gasteiger partial charge in [0.1, 0.15) is 0 Å². The van der Waals surface area contributed by atoms with Crippen LogP contribution in [0.15, 0.2) is 54.9 Å². The van der Waals surface area contributed by atoms with Crippen LogP contribution in [-0.2, 0) is 6.54 Å². The minimum Gasteiger partial charge on any atom is -0.380 e. The predicted molar refractivity (Wildman–Crippen MR) is 80.3 cm³/mol. The van der Waals surface area contributed by atoms with Gasteiger partial charge in [-0.3, -0.25) is 10.1 Å². The molecule has 2 N–H and O–H groups in total. The Kier molecular flexibility index (Phi) is 3.46. The van der Waals surface area contributed by atoms with Crippen LogP contribution in [0, 0.1) is 6.92 Å². The van der Waals surface area contributed by atoms with E-state index in [0.717, 1.165) is 28.2 Å². The van der Waals surface area contributed by atoms with E-state index in [1.165, 1.54) is 0 Å². The molecule has 0 bridgehead atoms. The van der Waals surface area contributed by atoms with Gasteiger partial charge in [-0.05, 0) is 24.6 Å². The van der Waals surface area contributed by atoms with Crippen molar-refractivity contribution < 1.29 is 0 Å². The Hall–Kier alpha value is -2.62. The number of aromatic nitrogens is 3. The molecule has 4 nitrogen and oxygen atoms in total. The molecule has 20 heavy (non-hydrogen) atoms. The van der Waals surface area contributed by atoms with Crippen LogP contribution in [0.1, 0.15) is 11.3 Å². The second kappa shape index (κ2) is 5.57. The van der Waals surface area contributed by atoms with Crippen LogP contribution in [-0.4, -0.2) is 15.2 Å². The first kappa shape index (κ1) is 12.4. The third-order valence-corrected chi connectivity index (χ3v) is 3.17. The van der Waals surface area contributed by atoms with Crippen molar-refractivity contribution >= 4 is 5.69 Å². The molecule has 0 saturated heterocycles. The van der Waals surface area contributed by atoms with Gasteiger partial charge in [-0.25, -0.2) is 0 Å². The van der Waals surface area contributed by atoms with Crippen LogP contribution >= 0.6 is 0 Å². The third kappa shape index (κ3) is 2.69. The third-order valence-electron chi connectivity index (χ3n) is 3.17. The molecule has 0 saturated carbocycles. The average molecular weight is 264 g/mol. The zero-order chi connectivity index (χ0) is 13.8. The lowest BCUT2D eigenvalue weighted by atomic mass is 10.1. The lowest BCUT2D eigenvalue weighted by molar-refractivity contribution is 1.10. The number of aromatic amines is 1. The smallest absolute Gasteiger partial charge is 0.0700 e. The zero-order valence-corrected chi connectivity index (χ0v) is 11.3. The molecular weight excluding hydrogens is 248 g/mol. The van der Waals surface area contributed by atoms with Gasteiger partial charge in [-0.1, -0.05) is 30.3 Å². The highest BCUT2D eigenvalue weighted by Gasteiger charge is 2.06. The molecule has 0 amide bonds. The fourth-order valence-electron chi connectivity index (χ4n) is 2.07. The maximum absolute atomic E-state index is 4.27. The molecule has 4 heteroatoms. The van der Waals surface area contributed by atoms with Gasteiger partial charge in [0.25, 0.3) is 0 Å². The van der Waals surface area contributed by atoms with E-state index in [-0.39, 0.29) is 0 Å². The molecule has 100 valence electrons. The number of pyridine rings is 1. The minimum absolute atomic E-state index is 0.714. The predicted octanol–water partition coefficient (Wildman–Crippen LogP) is 3.39. The second-order valence-electron chi connectivity index (χ2n) is 4.68. The molecule has 1 aromatic carbocycles. The van der Waals surface area contributed by atoms with Crippen LogP contribution in [0.25, 0.3) is 11.3 Å². The lowest BCUT2D eigenvalue weighted by Crippen LogP contribution is -2.00. The fraction of sp³-hybridized carbons (Fsp3) is 0.125. The Morgan fingerprint density at radius 1 is 1.05 bits per heavy atom. The van der Waals surface area contributed by atoms with Crippen molar-refractivity contribution in [2.75, 3.05) is 5.32 Å². The molecule has 0 aliphatic heterocycles. The highest BCUT2D eigenvalue weighted by molar-refractivity contribution is 5.63. The molecule has 0 radical (unpaired) electrons. The topological polar surface area (TPSA) is 53.6 Å². The average Bonchev–Trinajstić information content (AvgIpc) is 2.96. The maximum atomic E-state index is 4.27. The molecule has 0 aliphatic rings. The van der Waals surface area contributed by atoms with E-state index in [1.54, 1.807) is 0 Å². The van der Waals surface area contributed by atoms with E-state index in [0.29, 0.717) is 6.54 Å². The van der Waals surface area contributed by atoms with Crippen LogP contribution in [0.3, 0.4) is 0 Å². The summed E-state index contributed by atoms with van der Waals surface area (Å²) in [5.41, 5.74) is 5.36. The summed E-state index contributed by atoms with van der Waals surface area (Å²) < 4.78 is 0. The van der Waals surface area contributed by atoms with Crippen molar-refractivity contribution in [1.29, 1.82) is 0 Å². The molecule has 0 atom stereocenters. The van der Waals surface area contributed by atoms with Crippen LogP contribution in [0.2, 0.25) is 0 Å². The summed E-state index contributed by atoms with van der Waals surface area (Å²) in [4.78, 5) is 4.27. The van der Waals surface area contributed by atoms with Gasteiger partial charge in [-0.15, -0.1) is 0 Å². The lowest BCUT2D eigenvalue weighted by Gasteiger charge is -2.07. The SMILES string of the molecule is Cc1ccc(NCc2cn[nH]c2-c2ccccc2)cn1. The van der Waals surface area contributed by atoms with E-state index in [9.17, 15) is 0 Å². The molecule has 3 rings (SSSR count). The van der Waals surface area contributed by atoms with Crippen molar-refractivity contribution in [1.82, 2.24) is 15.2 Å². The summed E-state index contributed by atoms with van der Waals surface area (Å²) in [6.07, 6.45) is 3.70. The number of nitrogens with zero attached hydrogens (tertiary/aromatic N) is 2. The van der Waals surface area contributed by atoms with Gasteiger partial charge in [-0.2, -0.15) is 5.10 Å². The van der Waals surface area contributed by atoms with Crippen molar-refractivity contribution in [2.24, 2.45) is 0 Å². The molecule has 0 unspecified atom stereocenters. The minimum atomic E-state index is 0.714. The number of hydrogen-bond donors (Lipinski definition) is 2. The molecule has 2 aromatic heterocycles. The number of benzene rings is 1. The van der Waals surface area contributed by atoms with Crippen LogP contribution in [0.4, 0.5) is 5.69 Å². The highest BCUT2D eigenvalue weighted by Crippen LogP contribution is 2.21. The Morgan fingerprint density at radius 3 is 2.65 bits per heavy atom. The van der Waals surface area contributed by atoms with Crippen molar-refractivity contribution in [3.05, 3.63) is 66.1 Å². The molecule has 0 fully saturated rings. The number of anilines is 1. The summed E-state index contributed by atoms with van der Waals surface area (Å²) in [6.45, 7) is 2.69. The van der Waals surface area contributed by atoms with E-state index in [1.807, 2.05) is 49.6 Å². The number of aryl methyl sites for hydroxylation is 1. The number of hydrogen-bond acceptors (Lipinski definition) is 3. The van der Waals surface area contributed by atoms with Crippen LogP contribution < -0.4 is 5.32 Å². The molecule has 0 aliphatic carbocycles. The van der Waals surface area contributed by atoms with Crippen molar-refractivity contribution in [3.8, 4) is 11.3 Å². The normalized spacial score (nSPS) is 10.4. The number of H-pyrrole nitrogens is 1. The van der Waals surface area contributed by atoms with Gasteiger partial charge >= 0.3 is 0 Å². The van der Waals surface area contributed by atoms with Gasteiger partial charge < -0.3 is 5.32 Å². The largest absolute Gasteiger partial charge is 0.380 e. The molecular formula is C16H16N4. The van der Waals surface area contributed by atoms with Gasteiger partial charge in [0, 0.05) is 17.8 Å². The van der Waals surface area contributed by atoms with Gasteiger partial charge in [0.15, 0.2) is 0 Å². The molecule has 3 aromatic rings. The summed E-state index contributed by atoms with van der Waals surface area (Å²) in [5, 5.41) is 10.6. The molecule has 0 spiro atoms. The van der Waals surface area contributed by atoms with E-state index in [2.05, 4.69) is 32.6 Å². The summed E-state index contributed by atoms with van der Waals surface area (Å²) in [7, 11) is 0. The van der Waals surface area contributed by atoms with E-state index >= 15 is 0 Å². The standard InChI is InChI=1S/C16H16N4/c1-12-7-8-15(11-17-12)18-9-14-10-19-20-16(14)13-5-3-2-4-6-13/h2-8,10-11,18H,9H2,1H3,(H,19,20). The second-order valence-corrected chi connectivity index (χ2v) is 4.68. The number of nitrogens with one attached hydrogen (secondary N) is 2. The van der Waals surface area contributed by atoms with Gasteiger partial charge in [0.2, 0.25) is 0 Å². The Bertz CT molecular complexity index is 671. The van der Waals surface area contributed by atoms with Crippen LogP contribution in [0.5, 0.6) is 0 Å². The Morgan fingerprint density at radius 2 is 1.90 bits per heavy atom. The zero-order valence-electron chi connectivity index (χ0n) is 11.3. The van der Waals surface area contributed by atoms with E-state index < -0.39 is 0 Å². The highest BCUT2D eigenvalue weighted by atomic mass is 15.1. The first-order valence-corrected chi connectivity index (χ1v) is 6.57. The molecule has 2 heterocycles. The quantitative estimate of drug-likeness (QED) is 0.759. The van der Waals surface area contributed by atoms with Gasteiger partial charge in [0.05, 0.1) is 23.8 Å². The Labute approximate surface area is 117 Å². The fourth-order valence-corrected chi connectivity index (χ4v) is 2.07. The first-order valence-electron chi connectivity index (χ1n) is 6.57. The summed E-state index contributed by atoms with van der Waals surface area (Å²) in [6, 6.07) is 14.2. The summed E-state index contributed by atoms with van der Waals surface area (Å²) >= 11 is 0.